The van der Waals surface area contributed by atoms with E-state index in [-0.39, 0.29) is 11.2 Å². The zero-order valence-corrected chi connectivity index (χ0v) is 17.9. The van der Waals surface area contributed by atoms with E-state index in [1.807, 2.05) is 51.1 Å². The number of hydrogen-bond donors (Lipinski definition) is 1. The molecule has 1 aliphatic rings. The van der Waals surface area contributed by atoms with Gasteiger partial charge in [-0.2, -0.15) is 0 Å². The molecule has 1 atom stereocenters. The molecule has 0 radical (unpaired) electrons. The highest BCUT2D eigenvalue weighted by molar-refractivity contribution is 8.00. The second-order valence-corrected chi connectivity index (χ2v) is 9.06. The summed E-state index contributed by atoms with van der Waals surface area (Å²) in [6.07, 6.45) is 2.33. The molecule has 1 amide bonds. The molecule has 4 rings (SSSR count). The Morgan fingerprint density at radius 3 is 2.66 bits per heavy atom. The Balaban J connectivity index is 1.51. The molecule has 3 aromatic rings. The van der Waals surface area contributed by atoms with Crippen LogP contribution in [0.4, 0.5) is 5.69 Å². The summed E-state index contributed by atoms with van der Waals surface area (Å²) in [7, 11) is 0. The third kappa shape index (κ3) is 4.70. The summed E-state index contributed by atoms with van der Waals surface area (Å²) in [5.74, 6) is 1.52. The van der Waals surface area contributed by atoms with Crippen molar-refractivity contribution >= 4 is 23.4 Å². The summed E-state index contributed by atoms with van der Waals surface area (Å²) in [6.45, 7) is 6.68. The average molecular weight is 407 g/mol. The number of thioether (sulfide) groups is 1. The molecule has 0 unspecified atom stereocenters. The first kappa shape index (κ1) is 19.7. The molecule has 5 nitrogen and oxygen atoms in total. The minimum absolute atomic E-state index is 0.0223. The molecule has 1 aliphatic carbocycles. The molecule has 29 heavy (non-hydrogen) atoms. The highest BCUT2D eigenvalue weighted by Crippen LogP contribution is 2.40. The molecule has 0 saturated heterocycles. The quantitative estimate of drug-likeness (QED) is 0.565. The summed E-state index contributed by atoms with van der Waals surface area (Å²) in [5.41, 5.74) is 4.27. The van der Waals surface area contributed by atoms with Gasteiger partial charge in [-0.25, -0.2) is 0 Å². The zero-order valence-electron chi connectivity index (χ0n) is 17.1. The van der Waals surface area contributed by atoms with Gasteiger partial charge in [-0.15, -0.1) is 10.2 Å². The van der Waals surface area contributed by atoms with Gasteiger partial charge in [0, 0.05) is 11.6 Å². The van der Waals surface area contributed by atoms with Crippen LogP contribution in [-0.4, -0.2) is 25.9 Å². The molecule has 1 fully saturated rings. The Morgan fingerprint density at radius 2 is 1.93 bits per heavy atom. The van der Waals surface area contributed by atoms with Crippen LogP contribution < -0.4 is 5.32 Å². The SMILES string of the molecule is Cc1ccc(C)c(NC(=O)[C@H](C)Sc2nnc(C3CC3)n2Cc2ccccc2)c1. The molecule has 1 heterocycles. The molecule has 1 saturated carbocycles. The van der Waals surface area contributed by atoms with Crippen LogP contribution in [0.3, 0.4) is 0 Å². The average Bonchev–Trinajstić information content (AvgIpc) is 3.48. The fourth-order valence-corrected chi connectivity index (χ4v) is 4.12. The number of carbonyl (C=O) groups is 1. The maximum absolute atomic E-state index is 12.8. The number of hydrogen-bond acceptors (Lipinski definition) is 4. The maximum atomic E-state index is 12.8. The predicted octanol–water partition coefficient (Wildman–Crippen LogP) is 4.94. The molecule has 150 valence electrons. The van der Waals surface area contributed by atoms with Gasteiger partial charge in [0.05, 0.1) is 11.8 Å². The highest BCUT2D eigenvalue weighted by Gasteiger charge is 2.31. The van der Waals surface area contributed by atoms with Gasteiger partial charge in [-0.3, -0.25) is 4.79 Å². The van der Waals surface area contributed by atoms with Crippen LogP contribution in [0.2, 0.25) is 0 Å². The van der Waals surface area contributed by atoms with Gasteiger partial charge < -0.3 is 9.88 Å². The van der Waals surface area contributed by atoms with E-state index in [4.69, 9.17) is 0 Å². The fourth-order valence-electron chi connectivity index (χ4n) is 3.26. The van der Waals surface area contributed by atoms with Crippen molar-refractivity contribution in [1.82, 2.24) is 14.8 Å². The number of carbonyl (C=O) groups excluding carboxylic acids is 1. The van der Waals surface area contributed by atoms with Gasteiger partial charge in [0.2, 0.25) is 5.91 Å². The lowest BCUT2D eigenvalue weighted by Crippen LogP contribution is -2.23. The van der Waals surface area contributed by atoms with E-state index in [9.17, 15) is 4.79 Å². The summed E-state index contributed by atoms with van der Waals surface area (Å²) >= 11 is 1.47. The number of nitrogens with zero attached hydrogens (tertiary/aromatic N) is 3. The van der Waals surface area contributed by atoms with E-state index < -0.39 is 0 Å². The van der Waals surface area contributed by atoms with Crippen LogP contribution in [0.1, 0.15) is 48.2 Å². The molecule has 1 N–H and O–H groups in total. The topological polar surface area (TPSA) is 59.8 Å². The van der Waals surface area contributed by atoms with Crippen LogP contribution in [0.25, 0.3) is 0 Å². The van der Waals surface area contributed by atoms with E-state index in [1.54, 1.807) is 0 Å². The van der Waals surface area contributed by atoms with Crippen LogP contribution in [0.15, 0.2) is 53.7 Å². The van der Waals surface area contributed by atoms with Crippen LogP contribution in [-0.2, 0) is 11.3 Å². The molecular formula is C23H26N4OS. The monoisotopic (exact) mass is 406 g/mol. The Labute approximate surface area is 175 Å². The van der Waals surface area contributed by atoms with Crippen molar-refractivity contribution in [2.75, 3.05) is 5.32 Å². The minimum atomic E-state index is -0.277. The van der Waals surface area contributed by atoms with Crippen molar-refractivity contribution in [3.63, 3.8) is 0 Å². The largest absolute Gasteiger partial charge is 0.325 e. The number of rotatable bonds is 7. The normalized spacial score (nSPS) is 14.6. The van der Waals surface area contributed by atoms with E-state index in [1.165, 1.54) is 30.2 Å². The number of benzene rings is 2. The van der Waals surface area contributed by atoms with Crippen LogP contribution in [0, 0.1) is 13.8 Å². The molecule has 0 spiro atoms. The van der Waals surface area contributed by atoms with Gasteiger partial charge >= 0.3 is 0 Å². The zero-order chi connectivity index (χ0) is 20.4. The number of nitrogens with one attached hydrogen (secondary N) is 1. The second-order valence-electron chi connectivity index (χ2n) is 7.75. The van der Waals surface area contributed by atoms with Crippen molar-refractivity contribution in [2.24, 2.45) is 0 Å². The molecule has 2 aromatic carbocycles. The Bertz CT molecular complexity index is 1010. The van der Waals surface area contributed by atoms with Crippen molar-refractivity contribution in [1.29, 1.82) is 0 Å². The van der Waals surface area contributed by atoms with Crippen molar-refractivity contribution in [3.05, 3.63) is 71.0 Å². The standard InChI is InChI=1S/C23H26N4OS/c1-15-9-10-16(2)20(13-15)24-22(28)17(3)29-23-26-25-21(19-11-12-19)27(23)14-18-7-5-4-6-8-18/h4-10,13,17,19H,11-12,14H2,1-3H3,(H,24,28)/t17-/m0/s1. The van der Waals surface area contributed by atoms with Gasteiger partial charge in [-0.1, -0.05) is 54.2 Å². The van der Waals surface area contributed by atoms with E-state index in [0.717, 1.165) is 34.3 Å². The summed E-state index contributed by atoms with van der Waals surface area (Å²) in [5, 5.41) is 12.5. The maximum Gasteiger partial charge on any atom is 0.237 e. The summed E-state index contributed by atoms with van der Waals surface area (Å²) < 4.78 is 2.18. The Kier molecular flexibility index (Phi) is 5.72. The third-order valence-corrected chi connectivity index (χ3v) is 6.25. The van der Waals surface area contributed by atoms with Gasteiger partial charge in [-0.05, 0) is 56.4 Å². The molecule has 0 aliphatic heterocycles. The van der Waals surface area contributed by atoms with E-state index >= 15 is 0 Å². The van der Waals surface area contributed by atoms with Crippen LogP contribution in [0.5, 0.6) is 0 Å². The second kappa shape index (κ2) is 8.41. The van der Waals surface area contributed by atoms with Crippen molar-refractivity contribution in [3.8, 4) is 0 Å². The number of anilines is 1. The first-order valence-electron chi connectivity index (χ1n) is 10.0. The minimum Gasteiger partial charge on any atom is -0.325 e. The fraction of sp³-hybridized carbons (Fsp3) is 0.348. The Hall–Kier alpha value is -2.60. The number of aromatic nitrogens is 3. The van der Waals surface area contributed by atoms with Crippen molar-refractivity contribution in [2.45, 2.75) is 56.5 Å². The van der Waals surface area contributed by atoms with Gasteiger partial charge in [0.15, 0.2) is 5.16 Å². The smallest absolute Gasteiger partial charge is 0.237 e. The predicted molar refractivity (Wildman–Crippen MR) is 117 cm³/mol. The molecule has 1 aromatic heterocycles. The van der Waals surface area contributed by atoms with Crippen molar-refractivity contribution < 1.29 is 4.79 Å². The first-order chi connectivity index (χ1) is 14.0. The number of amides is 1. The van der Waals surface area contributed by atoms with E-state index in [0.29, 0.717) is 5.92 Å². The van der Waals surface area contributed by atoms with Gasteiger partial charge in [0.1, 0.15) is 5.82 Å². The summed E-state index contributed by atoms with van der Waals surface area (Å²) in [6, 6.07) is 16.4. The Morgan fingerprint density at radius 1 is 1.17 bits per heavy atom. The van der Waals surface area contributed by atoms with Gasteiger partial charge in [0.25, 0.3) is 0 Å². The lowest BCUT2D eigenvalue weighted by Gasteiger charge is -2.15. The lowest BCUT2D eigenvalue weighted by molar-refractivity contribution is -0.115. The molecule has 6 heteroatoms. The number of aryl methyl sites for hydroxylation is 2. The van der Waals surface area contributed by atoms with Crippen LogP contribution >= 0.6 is 11.8 Å². The molecular weight excluding hydrogens is 380 g/mol. The highest BCUT2D eigenvalue weighted by atomic mass is 32.2. The lowest BCUT2D eigenvalue weighted by atomic mass is 10.1. The first-order valence-corrected chi connectivity index (χ1v) is 10.9. The third-order valence-electron chi connectivity index (χ3n) is 5.17. The van der Waals surface area contributed by atoms with E-state index in [2.05, 4.69) is 38.3 Å². The molecule has 0 bridgehead atoms. The summed E-state index contributed by atoms with van der Waals surface area (Å²) in [4.78, 5) is 12.8.